The Morgan fingerprint density at radius 2 is 2.09 bits per heavy atom. The summed E-state index contributed by atoms with van der Waals surface area (Å²) >= 11 is 4.73. The average Bonchev–Trinajstić information content (AvgIpc) is 2.91. The summed E-state index contributed by atoms with van der Waals surface area (Å²) in [6.45, 7) is 2.01. The minimum absolute atomic E-state index is 0.162. The molecule has 122 valence electrons. The van der Waals surface area contributed by atoms with Crippen molar-refractivity contribution in [3.8, 4) is 0 Å². The molecule has 1 aliphatic heterocycles. The molecule has 0 aliphatic carbocycles. The molecule has 7 nitrogen and oxygen atoms in total. The van der Waals surface area contributed by atoms with Crippen LogP contribution in [0.15, 0.2) is 15.9 Å². The van der Waals surface area contributed by atoms with E-state index in [4.69, 9.17) is 0 Å². The van der Waals surface area contributed by atoms with Crippen molar-refractivity contribution >= 4 is 49.2 Å². The van der Waals surface area contributed by atoms with E-state index in [1.807, 2.05) is 6.07 Å². The molecule has 2 heterocycles. The van der Waals surface area contributed by atoms with Gasteiger partial charge in [-0.2, -0.15) is 0 Å². The Morgan fingerprint density at radius 1 is 1.41 bits per heavy atom. The zero-order chi connectivity index (χ0) is 16.5. The molecule has 1 fully saturated rings. The molecule has 1 aromatic rings. The lowest BCUT2D eigenvalue weighted by Crippen LogP contribution is -2.40. The summed E-state index contributed by atoms with van der Waals surface area (Å²) in [5.41, 5.74) is -1.07. The Morgan fingerprint density at radius 3 is 2.64 bits per heavy atom. The van der Waals surface area contributed by atoms with Crippen LogP contribution in [0, 0.1) is 0 Å². The second-order valence-corrected chi connectivity index (χ2v) is 9.43. The molecular formula is C12H16BrN3O4S2. The number of sulfonamides is 1. The third-order valence-corrected chi connectivity index (χ3v) is 5.84. The molecule has 22 heavy (non-hydrogen) atoms. The number of carbonyl (C=O) groups is 2. The number of rotatable bonds is 6. The maximum absolute atomic E-state index is 12.5. The predicted octanol–water partition coefficient (Wildman–Crippen LogP) is 1.22. The highest BCUT2D eigenvalue weighted by molar-refractivity contribution is 9.11. The Bertz CT molecular complexity index is 703. The van der Waals surface area contributed by atoms with Crippen molar-refractivity contribution in [3.05, 3.63) is 20.8 Å². The SMILES string of the molecule is CC1(c2ccc(Br)s2)NC(=O)N(CCCNS(C)(=O)=O)C1=O. The van der Waals surface area contributed by atoms with Crippen LogP contribution in [0.3, 0.4) is 0 Å². The molecule has 1 unspecified atom stereocenters. The number of halogens is 1. The number of thiophene rings is 1. The van der Waals surface area contributed by atoms with Gasteiger partial charge in [0.25, 0.3) is 5.91 Å². The third kappa shape index (κ3) is 3.67. The highest BCUT2D eigenvalue weighted by Crippen LogP contribution is 2.35. The monoisotopic (exact) mass is 409 g/mol. The lowest BCUT2D eigenvalue weighted by Gasteiger charge is -2.20. The van der Waals surface area contributed by atoms with Crippen LogP contribution in [0.25, 0.3) is 0 Å². The van der Waals surface area contributed by atoms with Crippen molar-refractivity contribution in [2.24, 2.45) is 0 Å². The van der Waals surface area contributed by atoms with E-state index in [0.717, 1.165) is 19.8 Å². The van der Waals surface area contributed by atoms with Gasteiger partial charge in [0.05, 0.1) is 10.0 Å². The summed E-state index contributed by atoms with van der Waals surface area (Å²) in [6.07, 6.45) is 1.42. The maximum Gasteiger partial charge on any atom is 0.325 e. The Balaban J connectivity index is 2.03. The van der Waals surface area contributed by atoms with Gasteiger partial charge in [0.15, 0.2) is 5.54 Å². The van der Waals surface area contributed by atoms with Gasteiger partial charge < -0.3 is 5.32 Å². The first-order valence-corrected chi connectivity index (χ1v) is 9.98. The van der Waals surface area contributed by atoms with E-state index in [2.05, 4.69) is 26.0 Å². The van der Waals surface area contributed by atoms with Crippen molar-refractivity contribution in [2.45, 2.75) is 18.9 Å². The lowest BCUT2D eigenvalue weighted by molar-refractivity contribution is -0.131. The molecule has 2 N–H and O–H groups in total. The summed E-state index contributed by atoms with van der Waals surface area (Å²) in [5, 5.41) is 2.71. The molecule has 10 heteroatoms. The van der Waals surface area contributed by atoms with Crippen LogP contribution in [0.2, 0.25) is 0 Å². The van der Waals surface area contributed by atoms with Crippen LogP contribution >= 0.6 is 27.3 Å². The molecular weight excluding hydrogens is 394 g/mol. The number of carbonyl (C=O) groups excluding carboxylic acids is 2. The third-order valence-electron chi connectivity index (χ3n) is 3.26. The van der Waals surface area contributed by atoms with E-state index in [9.17, 15) is 18.0 Å². The molecule has 1 atom stereocenters. The first-order chi connectivity index (χ1) is 10.1. The summed E-state index contributed by atoms with van der Waals surface area (Å²) in [7, 11) is -3.27. The van der Waals surface area contributed by atoms with E-state index in [1.165, 1.54) is 11.3 Å². The first kappa shape index (κ1) is 17.4. The van der Waals surface area contributed by atoms with Crippen LogP contribution in [0.5, 0.6) is 0 Å². The number of hydrogen-bond acceptors (Lipinski definition) is 5. The fourth-order valence-electron chi connectivity index (χ4n) is 2.14. The number of amides is 3. The Kier molecular flexibility index (Phi) is 4.95. The second-order valence-electron chi connectivity index (χ2n) is 5.14. The fraction of sp³-hybridized carbons (Fsp3) is 0.500. The van der Waals surface area contributed by atoms with Gasteiger partial charge in [0.2, 0.25) is 10.0 Å². The number of nitrogens with zero attached hydrogens (tertiary/aromatic N) is 1. The number of imide groups is 1. The molecule has 0 spiro atoms. The van der Waals surface area contributed by atoms with Gasteiger partial charge in [-0.3, -0.25) is 9.69 Å². The minimum Gasteiger partial charge on any atom is -0.319 e. The standard InChI is InChI=1S/C12H16BrN3O4S2/c1-12(8-4-5-9(13)21-8)10(17)16(11(18)15-12)7-3-6-14-22(2,19)20/h4-5,14H,3,6-7H2,1-2H3,(H,15,18). The first-order valence-electron chi connectivity index (χ1n) is 6.48. The number of hydrogen-bond donors (Lipinski definition) is 2. The molecule has 1 aromatic heterocycles. The van der Waals surface area contributed by atoms with Crippen molar-refractivity contribution in [1.82, 2.24) is 14.9 Å². The van der Waals surface area contributed by atoms with Gasteiger partial charge >= 0.3 is 6.03 Å². The Labute approximate surface area is 141 Å². The van der Waals surface area contributed by atoms with Crippen LogP contribution in [0.1, 0.15) is 18.2 Å². The van der Waals surface area contributed by atoms with Gasteiger partial charge in [0.1, 0.15) is 0 Å². The van der Waals surface area contributed by atoms with Crippen LogP contribution in [-0.4, -0.2) is 44.6 Å². The van der Waals surface area contributed by atoms with Gasteiger partial charge in [-0.25, -0.2) is 17.9 Å². The molecule has 0 saturated carbocycles. The fourth-order valence-corrected chi connectivity index (χ4v) is 4.14. The molecule has 0 aromatic carbocycles. The van der Waals surface area contributed by atoms with Crippen molar-refractivity contribution in [3.63, 3.8) is 0 Å². The second kappa shape index (κ2) is 6.26. The Hall–Kier alpha value is -0.970. The van der Waals surface area contributed by atoms with E-state index >= 15 is 0 Å². The average molecular weight is 410 g/mol. The molecule has 1 saturated heterocycles. The zero-order valence-corrected chi connectivity index (χ0v) is 15.3. The number of nitrogens with one attached hydrogen (secondary N) is 2. The summed E-state index contributed by atoms with van der Waals surface area (Å²) < 4.78 is 25.2. The maximum atomic E-state index is 12.5. The smallest absolute Gasteiger partial charge is 0.319 e. The molecule has 0 radical (unpaired) electrons. The lowest BCUT2D eigenvalue weighted by atomic mass is 10.0. The number of urea groups is 1. The topological polar surface area (TPSA) is 95.6 Å². The van der Waals surface area contributed by atoms with Crippen LogP contribution < -0.4 is 10.0 Å². The largest absolute Gasteiger partial charge is 0.325 e. The van der Waals surface area contributed by atoms with Crippen molar-refractivity contribution in [2.75, 3.05) is 19.3 Å². The zero-order valence-electron chi connectivity index (χ0n) is 12.1. The highest BCUT2D eigenvalue weighted by atomic mass is 79.9. The van der Waals surface area contributed by atoms with E-state index in [-0.39, 0.29) is 19.0 Å². The minimum atomic E-state index is -3.27. The van der Waals surface area contributed by atoms with Gasteiger partial charge in [-0.1, -0.05) is 0 Å². The van der Waals surface area contributed by atoms with Crippen LogP contribution in [0.4, 0.5) is 4.79 Å². The summed E-state index contributed by atoms with van der Waals surface area (Å²) in [5.74, 6) is -0.328. The summed E-state index contributed by atoms with van der Waals surface area (Å²) in [4.78, 5) is 26.4. The quantitative estimate of drug-likeness (QED) is 0.545. The van der Waals surface area contributed by atoms with Gasteiger partial charge in [-0.05, 0) is 41.4 Å². The molecule has 1 aliphatic rings. The van der Waals surface area contributed by atoms with E-state index < -0.39 is 21.6 Å². The molecule has 2 rings (SSSR count). The van der Waals surface area contributed by atoms with Crippen molar-refractivity contribution < 1.29 is 18.0 Å². The molecule has 0 bridgehead atoms. The summed E-state index contributed by atoms with van der Waals surface area (Å²) in [6, 6.07) is 3.15. The highest BCUT2D eigenvalue weighted by Gasteiger charge is 2.49. The van der Waals surface area contributed by atoms with E-state index in [0.29, 0.717) is 6.42 Å². The molecule has 3 amide bonds. The van der Waals surface area contributed by atoms with E-state index in [1.54, 1.807) is 13.0 Å². The van der Waals surface area contributed by atoms with Gasteiger partial charge in [0, 0.05) is 18.0 Å². The van der Waals surface area contributed by atoms with Gasteiger partial charge in [-0.15, -0.1) is 11.3 Å². The predicted molar refractivity (Wildman–Crippen MR) is 87.1 cm³/mol. The van der Waals surface area contributed by atoms with Crippen LogP contribution in [-0.2, 0) is 20.4 Å². The normalized spacial score (nSPS) is 22.2. The van der Waals surface area contributed by atoms with Crippen molar-refractivity contribution in [1.29, 1.82) is 0 Å².